The summed E-state index contributed by atoms with van der Waals surface area (Å²) in [6.45, 7) is 11.9. The van der Waals surface area contributed by atoms with E-state index in [2.05, 4.69) is 42.7 Å². The van der Waals surface area contributed by atoms with Crippen molar-refractivity contribution in [1.82, 2.24) is 4.90 Å². The summed E-state index contributed by atoms with van der Waals surface area (Å²) in [6.07, 6.45) is 3.58. The predicted molar refractivity (Wildman–Crippen MR) is 119 cm³/mol. The van der Waals surface area contributed by atoms with Crippen molar-refractivity contribution in [1.29, 1.82) is 0 Å². The zero-order valence-electron chi connectivity index (χ0n) is 18.7. The summed E-state index contributed by atoms with van der Waals surface area (Å²) >= 11 is 0. The second kappa shape index (κ2) is 10.6. The van der Waals surface area contributed by atoms with Crippen LogP contribution >= 0.6 is 0 Å². The molecule has 5 nitrogen and oxygen atoms in total. The summed E-state index contributed by atoms with van der Waals surface area (Å²) < 4.78 is 11.7. The van der Waals surface area contributed by atoms with E-state index < -0.39 is 6.10 Å². The molecule has 4 atom stereocenters. The Labute approximate surface area is 177 Å². The third kappa shape index (κ3) is 6.09. The van der Waals surface area contributed by atoms with Gasteiger partial charge in [-0.05, 0) is 42.7 Å². The first-order chi connectivity index (χ1) is 14.0. The molecule has 0 unspecified atom stereocenters. The number of para-hydroxylation sites is 2. The second-order valence-electron chi connectivity index (χ2n) is 9.31. The van der Waals surface area contributed by atoms with Gasteiger partial charge in [0.05, 0.1) is 31.6 Å². The lowest BCUT2D eigenvalue weighted by Gasteiger charge is -2.39. The Morgan fingerprint density at radius 3 is 2.52 bits per heavy atom. The molecule has 29 heavy (non-hydrogen) atoms. The van der Waals surface area contributed by atoms with Gasteiger partial charge in [-0.3, -0.25) is 4.90 Å². The van der Waals surface area contributed by atoms with E-state index in [9.17, 15) is 5.11 Å². The van der Waals surface area contributed by atoms with Crippen molar-refractivity contribution in [3.63, 3.8) is 0 Å². The summed E-state index contributed by atoms with van der Waals surface area (Å²) in [7, 11) is 1.72. The molecule has 1 saturated carbocycles. The van der Waals surface area contributed by atoms with Gasteiger partial charge in [-0.15, -0.1) is 0 Å². The fourth-order valence-corrected chi connectivity index (χ4v) is 4.95. The van der Waals surface area contributed by atoms with Crippen LogP contribution in [0.25, 0.3) is 0 Å². The van der Waals surface area contributed by atoms with Crippen molar-refractivity contribution in [3.05, 3.63) is 24.3 Å². The molecule has 3 rings (SSSR count). The lowest BCUT2D eigenvalue weighted by Crippen LogP contribution is -2.49. The Hall–Kier alpha value is -1.30. The molecular weight excluding hydrogens is 364 g/mol. The molecule has 1 N–H and O–H groups in total. The first-order valence-electron chi connectivity index (χ1n) is 11.4. The molecule has 0 bridgehead atoms. The molecule has 5 heteroatoms. The van der Waals surface area contributed by atoms with Gasteiger partial charge in [0, 0.05) is 32.7 Å². The third-order valence-corrected chi connectivity index (χ3v) is 6.73. The van der Waals surface area contributed by atoms with E-state index in [0.29, 0.717) is 31.1 Å². The lowest BCUT2D eigenvalue weighted by atomic mass is 9.75. The number of aliphatic hydroxyl groups excluding tert-OH is 1. The minimum Gasteiger partial charge on any atom is -0.495 e. The Morgan fingerprint density at radius 1 is 1.10 bits per heavy atom. The van der Waals surface area contributed by atoms with Gasteiger partial charge in [0.25, 0.3) is 0 Å². The molecule has 2 fully saturated rings. The maximum atomic E-state index is 10.6. The first kappa shape index (κ1) is 22.4. The van der Waals surface area contributed by atoms with Crippen LogP contribution in [0.1, 0.15) is 40.0 Å². The third-order valence-electron chi connectivity index (χ3n) is 6.73. The van der Waals surface area contributed by atoms with Crippen LogP contribution in [0.15, 0.2) is 24.3 Å². The minimum absolute atomic E-state index is 0.302. The number of nitrogens with zero attached hydrogens (tertiary/aromatic N) is 2. The summed E-state index contributed by atoms with van der Waals surface area (Å²) in [5, 5.41) is 10.6. The van der Waals surface area contributed by atoms with Crippen LogP contribution < -0.4 is 9.64 Å². The highest BCUT2D eigenvalue weighted by Gasteiger charge is 2.32. The van der Waals surface area contributed by atoms with Gasteiger partial charge in [-0.2, -0.15) is 0 Å². The number of aliphatic hydroxyl groups is 1. The van der Waals surface area contributed by atoms with Crippen LogP contribution in [0.2, 0.25) is 0 Å². The highest BCUT2D eigenvalue weighted by Crippen LogP contribution is 2.35. The topological polar surface area (TPSA) is 45.2 Å². The molecule has 2 aliphatic rings. The van der Waals surface area contributed by atoms with Crippen LogP contribution in [-0.2, 0) is 4.74 Å². The largest absolute Gasteiger partial charge is 0.495 e. The molecule has 1 saturated heterocycles. The van der Waals surface area contributed by atoms with Crippen molar-refractivity contribution < 1.29 is 14.6 Å². The highest BCUT2D eigenvalue weighted by molar-refractivity contribution is 5.58. The number of piperazine rings is 1. The molecule has 1 heterocycles. The average Bonchev–Trinajstić information content (AvgIpc) is 2.72. The summed E-state index contributed by atoms with van der Waals surface area (Å²) in [5.41, 5.74) is 1.16. The molecule has 0 aromatic heterocycles. The van der Waals surface area contributed by atoms with E-state index in [1.807, 2.05) is 12.1 Å². The lowest BCUT2D eigenvalue weighted by molar-refractivity contribution is -0.0740. The maximum Gasteiger partial charge on any atom is 0.142 e. The molecule has 0 spiro atoms. The fraction of sp³-hybridized carbons (Fsp3) is 0.750. The Bertz CT molecular complexity index is 616. The van der Waals surface area contributed by atoms with Crippen molar-refractivity contribution in [2.24, 2.45) is 17.8 Å². The maximum absolute atomic E-state index is 10.6. The van der Waals surface area contributed by atoms with E-state index in [0.717, 1.165) is 50.0 Å². The van der Waals surface area contributed by atoms with Gasteiger partial charge in [-0.1, -0.05) is 39.3 Å². The van der Waals surface area contributed by atoms with E-state index in [4.69, 9.17) is 9.47 Å². The number of ether oxygens (including phenoxy) is 2. The minimum atomic E-state index is -0.419. The number of benzene rings is 1. The van der Waals surface area contributed by atoms with Crippen LogP contribution in [-0.4, -0.2) is 68.7 Å². The predicted octanol–water partition coefficient (Wildman–Crippen LogP) is 3.66. The monoisotopic (exact) mass is 404 g/mol. The first-order valence-corrected chi connectivity index (χ1v) is 11.4. The molecular formula is C24H40N2O3. The van der Waals surface area contributed by atoms with Crippen LogP contribution in [0, 0.1) is 17.8 Å². The number of rotatable bonds is 8. The number of hydrogen-bond donors (Lipinski definition) is 1. The molecule has 1 aliphatic heterocycles. The van der Waals surface area contributed by atoms with Crippen molar-refractivity contribution in [3.8, 4) is 5.75 Å². The van der Waals surface area contributed by atoms with E-state index in [-0.39, 0.29) is 0 Å². The Balaban J connectivity index is 1.43. The van der Waals surface area contributed by atoms with E-state index >= 15 is 0 Å². The molecule has 164 valence electrons. The zero-order chi connectivity index (χ0) is 20.8. The molecule has 1 aromatic carbocycles. The van der Waals surface area contributed by atoms with Gasteiger partial charge in [-0.25, -0.2) is 0 Å². The van der Waals surface area contributed by atoms with Crippen LogP contribution in [0.4, 0.5) is 5.69 Å². The second-order valence-corrected chi connectivity index (χ2v) is 9.31. The van der Waals surface area contributed by atoms with Crippen molar-refractivity contribution >= 4 is 5.69 Å². The molecule has 0 radical (unpaired) electrons. The number of anilines is 1. The van der Waals surface area contributed by atoms with Gasteiger partial charge < -0.3 is 19.5 Å². The normalized spacial score (nSPS) is 27.2. The molecule has 0 amide bonds. The average molecular weight is 405 g/mol. The highest BCUT2D eigenvalue weighted by atomic mass is 16.5. The quantitative estimate of drug-likeness (QED) is 0.716. The number of β-amino-alcohol motifs (C(OH)–C–C–N with tert-alkyl or cyclic N) is 1. The molecule has 1 aliphatic carbocycles. The van der Waals surface area contributed by atoms with Crippen LogP contribution in [0.5, 0.6) is 5.75 Å². The summed E-state index contributed by atoms with van der Waals surface area (Å²) in [5.74, 6) is 2.93. The van der Waals surface area contributed by atoms with Crippen LogP contribution in [0.3, 0.4) is 0 Å². The molecule has 1 aromatic rings. The summed E-state index contributed by atoms with van der Waals surface area (Å²) in [6, 6.07) is 8.19. The van der Waals surface area contributed by atoms with E-state index in [1.54, 1.807) is 7.11 Å². The van der Waals surface area contributed by atoms with Gasteiger partial charge >= 0.3 is 0 Å². The SMILES string of the molecule is COc1ccccc1N1CCN(C[C@H](O)CO[C@@H]2C[C@H](C)CC[C@@H]2C(C)C)CC1. The van der Waals surface area contributed by atoms with Crippen molar-refractivity contribution in [2.75, 3.05) is 51.3 Å². The standard InChI is InChI=1S/C24H40N2O3/c1-18(2)21-10-9-19(3)15-24(21)29-17-20(27)16-25-11-13-26(14-12-25)22-7-5-6-8-23(22)28-4/h5-8,18-21,24,27H,9-17H2,1-4H3/t19-,20+,21-,24-/m1/s1. The Morgan fingerprint density at radius 2 is 1.83 bits per heavy atom. The van der Waals surface area contributed by atoms with Gasteiger partial charge in [0.2, 0.25) is 0 Å². The van der Waals surface area contributed by atoms with Crippen molar-refractivity contribution in [2.45, 2.75) is 52.2 Å². The summed E-state index contributed by atoms with van der Waals surface area (Å²) in [4.78, 5) is 4.72. The van der Waals surface area contributed by atoms with E-state index in [1.165, 1.54) is 12.8 Å². The van der Waals surface area contributed by atoms with Gasteiger partial charge in [0.15, 0.2) is 0 Å². The number of methoxy groups -OCH3 is 1. The smallest absolute Gasteiger partial charge is 0.142 e. The number of hydrogen-bond acceptors (Lipinski definition) is 5. The zero-order valence-corrected chi connectivity index (χ0v) is 18.7. The van der Waals surface area contributed by atoms with Gasteiger partial charge in [0.1, 0.15) is 5.75 Å². The Kier molecular flexibility index (Phi) is 8.22. The fourth-order valence-electron chi connectivity index (χ4n) is 4.95.